The second-order valence-electron chi connectivity index (χ2n) is 3.12. The van der Waals surface area contributed by atoms with Gasteiger partial charge in [-0.05, 0) is 12.1 Å². The van der Waals surface area contributed by atoms with Crippen LogP contribution in [-0.2, 0) is 5.33 Å². The Morgan fingerprint density at radius 2 is 1.80 bits per heavy atom. The highest BCUT2D eigenvalue weighted by molar-refractivity contribution is 9.08. The van der Waals surface area contributed by atoms with Gasteiger partial charge in [-0.2, -0.15) is 0 Å². The zero-order valence-corrected chi connectivity index (χ0v) is 10.3. The average Bonchev–Trinajstić information content (AvgIpc) is 2.31. The summed E-state index contributed by atoms with van der Waals surface area (Å²) in [6, 6.07) is 13.9. The van der Waals surface area contributed by atoms with E-state index in [1.807, 2.05) is 42.5 Å². The van der Waals surface area contributed by atoms with Crippen molar-refractivity contribution in [2.24, 2.45) is 0 Å². The molecule has 0 spiro atoms. The van der Waals surface area contributed by atoms with Gasteiger partial charge in [-0.25, -0.2) is 0 Å². The van der Waals surface area contributed by atoms with Crippen molar-refractivity contribution in [3.05, 3.63) is 53.2 Å². The van der Waals surface area contributed by atoms with E-state index in [4.69, 9.17) is 11.6 Å². The lowest BCUT2D eigenvalue weighted by molar-refractivity contribution is 1.19. The number of hydrogen-bond donors (Lipinski definition) is 0. The van der Waals surface area contributed by atoms with E-state index in [2.05, 4.69) is 20.9 Å². The number of halogens is 2. The summed E-state index contributed by atoms with van der Waals surface area (Å²) in [4.78, 5) is 4.48. The van der Waals surface area contributed by atoms with Crippen LogP contribution >= 0.6 is 27.5 Å². The fourth-order valence-electron chi connectivity index (χ4n) is 1.35. The Kier molecular flexibility index (Phi) is 3.39. The molecule has 1 heterocycles. The molecule has 0 radical (unpaired) electrons. The minimum absolute atomic E-state index is 0.673. The molecular weight excluding hydrogens is 273 g/mol. The van der Waals surface area contributed by atoms with Crippen molar-refractivity contribution in [3.8, 4) is 11.3 Å². The molecule has 0 aliphatic carbocycles. The van der Waals surface area contributed by atoms with Gasteiger partial charge in [0.15, 0.2) is 0 Å². The van der Waals surface area contributed by atoms with E-state index in [9.17, 15) is 0 Å². The lowest BCUT2D eigenvalue weighted by Gasteiger charge is -2.04. The van der Waals surface area contributed by atoms with E-state index in [0.29, 0.717) is 10.4 Å². The van der Waals surface area contributed by atoms with E-state index in [0.717, 1.165) is 17.0 Å². The van der Waals surface area contributed by atoms with Crippen LogP contribution in [0.1, 0.15) is 5.69 Å². The van der Waals surface area contributed by atoms with Gasteiger partial charge in [0.1, 0.15) is 0 Å². The molecule has 0 aliphatic rings. The summed E-state index contributed by atoms with van der Waals surface area (Å²) in [6.45, 7) is 0. The molecule has 0 atom stereocenters. The Balaban J connectivity index is 2.46. The minimum Gasteiger partial charge on any atom is -0.250 e. The van der Waals surface area contributed by atoms with Crippen molar-refractivity contribution in [2.45, 2.75) is 5.33 Å². The molecule has 0 unspecified atom stereocenters. The van der Waals surface area contributed by atoms with Crippen molar-refractivity contribution in [3.63, 3.8) is 0 Å². The fraction of sp³-hybridized carbons (Fsp3) is 0.0833. The predicted molar refractivity (Wildman–Crippen MR) is 67.3 cm³/mol. The summed E-state index contributed by atoms with van der Waals surface area (Å²) in [7, 11) is 0. The Morgan fingerprint density at radius 3 is 2.47 bits per heavy atom. The Labute approximate surface area is 102 Å². The molecule has 15 heavy (non-hydrogen) atoms. The predicted octanol–water partition coefficient (Wildman–Crippen LogP) is 4.30. The summed E-state index contributed by atoms with van der Waals surface area (Å²) < 4.78 is 0. The van der Waals surface area contributed by atoms with Gasteiger partial charge >= 0.3 is 0 Å². The first-order chi connectivity index (χ1) is 7.31. The van der Waals surface area contributed by atoms with Crippen molar-refractivity contribution >= 4 is 27.5 Å². The van der Waals surface area contributed by atoms with Crippen LogP contribution in [0.4, 0.5) is 0 Å². The number of alkyl halides is 1. The van der Waals surface area contributed by atoms with Gasteiger partial charge in [0, 0.05) is 10.9 Å². The monoisotopic (exact) mass is 281 g/mol. The van der Waals surface area contributed by atoms with Crippen LogP contribution in [0.2, 0.25) is 5.02 Å². The second kappa shape index (κ2) is 4.77. The van der Waals surface area contributed by atoms with Crippen LogP contribution < -0.4 is 0 Å². The number of hydrogen-bond acceptors (Lipinski definition) is 1. The molecular formula is C12H9BrClN. The molecule has 2 rings (SSSR count). The molecule has 0 bridgehead atoms. The second-order valence-corrected chi connectivity index (χ2v) is 4.09. The zero-order chi connectivity index (χ0) is 10.7. The molecule has 0 amide bonds. The van der Waals surface area contributed by atoms with Gasteiger partial charge in [0.2, 0.25) is 0 Å². The van der Waals surface area contributed by atoms with E-state index < -0.39 is 0 Å². The molecule has 0 N–H and O–H groups in total. The van der Waals surface area contributed by atoms with E-state index >= 15 is 0 Å². The van der Waals surface area contributed by atoms with Crippen molar-refractivity contribution in [1.82, 2.24) is 4.98 Å². The molecule has 0 aliphatic heterocycles. The molecule has 1 aromatic heterocycles. The van der Waals surface area contributed by atoms with Gasteiger partial charge in [-0.15, -0.1) is 0 Å². The first-order valence-electron chi connectivity index (χ1n) is 4.58. The van der Waals surface area contributed by atoms with Crippen LogP contribution in [0, 0.1) is 0 Å². The summed E-state index contributed by atoms with van der Waals surface area (Å²) >= 11 is 9.36. The number of benzene rings is 1. The van der Waals surface area contributed by atoms with Crippen LogP contribution in [0.3, 0.4) is 0 Å². The number of pyridine rings is 1. The summed E-state index contributed by atoms with van der Waals surface area (Å²) in [5, 5.41) is 1.37. The smallest absolute Gasteiger partial charge is 0.0706 e. The summed E-state index contributed by atoms with van der Waals surface area (Å²) in [6.07, 6.45) is 0. The van der Waals surface area contributed by atoms with E-state index in [1.165, 1.54) is 0 Å². The highest BCUT2D eigenvalue weighted by atomic mass is 79.9. The van der Waals surface area contributed by atoms with E-state index in [-0.39, 0.29) is 0 Å². The number of nitrogens with zero attached hydrogens (tertiary/aromatic N) is 1. The van der Waals surface area contributed by atoms with Crippen LogP contribution in [-0.4, -0.2) is 4.98 Å². The first-order valence-corrected chi connectivity index (χ1v) is 6.08. The van der Waals surface area contributed by atoms with Crippen molar-refractivity contribution < 1.29 is 0 Å². The lowest BCUT2D eigenvalue weighted by Crippen LogP contribution is -1.90. The van der Waals surface area contributed by atoms with Gasteiger partial charge in [-0.3, -0.25) is 4.98 Å². The highest BCUT2D eigenvalue weighted by Gasteiger charge is 2.03. The molecule has 0 saturated carbocycles. The maximum atomic E-state index is 5.99. The summed E-state index contributed by atoms with van der Waals surface area (Å²) in [5.41, 5.74) is 2.93. The zero-order valence-electron chi connectivity index (χ0n) is 7.95. The molecule has 1 aromatic carbocycles. The van der Waals surface area contributed by atoms with Crippen molar-refractivity contribution in [2.75, 3.05) is 0 Å². The maximum absolute atomic E-state index is 5.99. The molecule has 3 heteroatoms. The largest absolute Gasteiger partial charge is 0.250 e. The normalized spacial score (nSPS) is 10.3. The highest BCUT2D eigenvalue weighted by Crippen LogP contribution is 2.22. The van der Waals surface area contributed by atoms with Crippen LogP contribution in [0.25, 0.3) is 11.3 Å². The first kappa shape index (κ1) is 10.7. The Hall–Kier alpha value is -0.860. The van der Waals surface area contributed by atoms with Gasteiger partial charge in [0.25, 0.3) is 0 Å². The molecule has 0 fully saturated rings. The van der Waals surface area contributed by atoms with Gasteiger partial charge < -0.3 is 0 Å². The van der Waals surface area contributed by atoms with E-state index in [1.54, 1.807) is 0 Å². The van der Waals surface area contributed by atoms with Gasteiger partial charge in [0.05, 0.1) is 16.4 Å². The standard InChI is InChI=1S/C12H9BrClN/c13-8-12-10(14)6-7-11(15-12)9-4-2-1-3-5-9/h1-7H,8H2. The third-order valence-corrected chi connectivity index (χ3v) is 2.99. The average molecular weight is 283 g/mol. The molecule has 1 nitrogen and oxygen atoms in total. The summed E-state index contributed by atoms with van der Waals surface area (Å²) in [5.74, 6) is 0. The molecule has 76 valence electrons. The van der Waals surface area contributed by atoms with Gasteiger partial charge in [-0.1, -0.05) is 57.9 Å². The Morgan fingerprint density at radius 1 is 1.07 bits per heavy atom. The fourth-order valence-corrected chi connectivity index (χ4v) is 2.11. The maximum Gasteiger partial charge on any atom is 0.0706 e. The third kappa shape index (κ3) is 2.39. The Bertz CT molecular complexity index is 456. The topological polar surface area (TPSA) is 12.9 Å². The molecule has 0 saturated heterocycles. The SMILES string of the molecule is Clc1ccc(-c2ccccc2)nc1CBr. The third-order valence-electron chi connectivity index (χ3n) is 2.11. The van der Waals surface area contributed by atoms with Crippen molar-refractivity contribution in [1.29, 1.82) is 0 Å². The number of aromatic nitrogens is 1. The number of rotatable bonds is 2. The van der Waals surface area contributed by atoms with Crippen LogP contribution in [0.15, 0.2) is 42.5 Å². The quantitative estimate of drug-likeness (QED) is 0.749. The molecule has 2 aromatic rings. The van der Waals surface area contributed by atoms with Crippen LogP contribution in [0.5, 0.6) is 0 Å². The minimum atomic E-state index is 0.673. The lowest BCUT2D eigenvalue weighted by atomic mass is 10.1.